The molecule has 0 aliphatic carbocycles. The van der Waals surface area contributed by atoms with Crippen LogP contribution in [0.2, 0.25) is 10.0 Å². The smallest absolute Gasteiger partial charge is 0.410 e. The van der Waals surface area contributed by atoms with Crippen LogP contribution in [-0.4, -0.2) is 34.8 Å². The van der Waals surface area contributed by atoms with Gasteiger partial charge < -0.3 is 14.7 Å². The van der Waals surface area contributed by atoms with Crippen molar-refractivity contribution in [3.05, 3.63) is 68.6 Å². The van der Waals surface area contributed by atoms with Gasteiger partial charge in [0, 0.05) is 21.1 Å². The van der Waals surface area contributed by atoms with Crippen LogP contribution in [0.3, 0.4) is 0 Å². The molecule has 3 rings (SSSR count). The number of halogens is 3. The maximum absolute atomic E-state index is 12.0. The van der Waals surface area contributed by atoms with E-state index < -0.39 is 11.2 Å². The lowest BCUT2D eigenvalue weighted by Gasteiger charge is -2.26. The molecule has 0 aromatic heterocycles. The van der Waals surface area contributed by atoms with E-state index in [1.54, 1.807) is 29.2 Å². The number of hydrogen-bond acceptors (Lipinski definition) is 3. The zero-order chi connectivity index (χ0) is 20.9. The van der Waals surface area contributed by atoms with Crippen molar-refractivity contribution in [1.29, 1.82) is 0 Å². The highest BCUT2D eigenvalue weighted by atomic mass is 79.9. The lowest BCUT2D eigenvalue weighted by molar-refractivity contribution is 0.0140. The van der Waals surface area contributed by atoms with Gasteiger partial charge >= 0.3 is 6.09 Å². The van der Waals surface area contributed by atoms with Crippen molar-refractivity contribution in [2.75, 3.05) is 13.1 Å². The number of carbonyl (C=O) groups excluding carboxylic acids is 1. The summed E-state index contributed by atoms with van der Waals surface area (Å²) >= 11 is 14.7. The molecule has 0 saturated carbocycles. The molecule has 1 aliphatic heterocycles. The Morgan fingerprint density at radius 3 is 2.04 bits per heavy atom. The van der Waals surface area contributed by atoms with Crippen molar-refractivity contribution >= 4 is 45.2 Å². The van der Waals surface area contributed by atoms with Gasteiger partial charge in [-0.1, -0.05) is 51.3 Å². The van der Waals surface area contributed by atoms with Crippen LogP contribution in [0.1, 0.15) is 32.8 Å². The predicted molar refractivity (Wildman–Crippen MR) is 117 cm³/mol. The number of rotatable bonds is 1. The first-order valence-corrected chi connectivity index (χ1v) is 10.4. The zero-order valence-electron chi connectivity index (χ0n) is 16.1. The van der Waals surface area contributed by atoms with E-state index in [4.69, 9.17) is 27.9 Å². The van der Waals surface area contributed by atoms with Crippen LogP contribution in [0.5, 0.6) is 0 Å². The van der Waals surface area contributed by atoms with Crippen molar-refractivity contribution in [2.24, 2.45) is 0 Å². The highest BCUT2D eigenvalue weighted by molar-refractivity contribution is 9.10. The number of carbonyl (C=O) groups is 1. The summed E-state index contributed by atoms with van der Waals surface area (Å²) in [6.45, 7) is 6.20. The summed E-state index contributed by atoms with van der Waals surface area (Å²) in [6.07, 6.45) is 0.107. The van der Waals surface area contributed by atoms with Crippen LogP contribution < -0.4 is 0 Å². The number of likely N-dealkylation sites (tertiary alicyclic amines) is 1. The second kappa shape index (κ2) is 9.49. The van der Waals surface area contributed by atoms with Crippen LogP contribution in [0.15, 0.2) is 53.0 Å². The van der Waals surface area contributed by atoms with Gasteiger partial charge in [0.1, 0.15) is 11.2 Å². The largest absolute Gasteiger partial charge is 0.444 e. The molecule has 2 aromatic carbocycles. The first-order valence-electron chi connectivity index (χ1n) is 8.86. The van der Waals surface area contributed by atoms with E-state index in [9.17, 15) is 9.90 Å². The molecule has 2 aromatic rings. The van der Waals surface area contributed by atoms with E-state index in [0.717, 1.165) is 15.1 Å². The van der Waals surface area contributed by atoms with Crippen molar-refractivity contribution in [3.63, 3.8) is 0 Å². The first kappa shape index (κ1) is 23.0. The van der Waals surface area contributed by atoms with E-state index in [1.807, 2.05) is 45.0 Å². The maximum Gasteiger partial charge on any atom is 0.410 e. The van der Waals surface area contributed by atoms with Gasteiger partial charge in [0.15, 0.2) is 0 Å². The lowest BCUT2D eigenvalue weighted by atomic mass is 9.93. The molecule has 1 N–H and O–H groups in total. The molecule has 1 heterocycles. The van der Waals surface area contributed by atoms with Crippen LogP contribution in [0, 0.1) is 0 Å². The Morgan fingerprint density at radius 1 is 1.07 bits per heavy atom. The molecule has 1 fully saturated rings. The van der Waals surface area contributed by atoms with Gasteiger partial charge in [0.05, 0.1) is 6.54 Å². The van der Waals surface area contributed by atoms with Crippen molar-refractivity contribution in [1.82, 2.24) is 4.90 Å². The molecule has 0 radical (unpaired) electrons. The lowest BCUT2D eigenvalue weighted by Crippen LogP contribution is -2.38. The van der Waals surface area contributed by atoms with E-state index >= 15 is 0 Å². The number of amides is 1. The summed E-state index contributed by atoms with van der Waals surface area (Å²) in [5.41, 5.74) is -0.785. The third-order valence-electron chi connectivity index (χ3n) is 4.08. The fourth-order valence-electron chi connectivity index (χ4n) is 2.70. The molecule has 1 atom stereocenters. The molecule has 1 saturated heterocycles. The van der Waals surface area contributed by atoms with E-state index in [-0.39, 0.29) is 12.6 Å². The molecule has 28 heavy (non-hydrogen) atoms. The fraction of sp³-hybridized carbons (Fsp3) is 0.381. The SMILES string of the molecule is CC(C)(C)OC(=O)N1CCC(O)(c2ccc(Cl)cc2)C1.Clc1ccc(Br)cc1. The van der Waals surface area contributed by atoms with E-state index in [1.165, 1.54) is 0 Å². The van der Waals surface area contributed by atoms with Crippen molar-refractivity contribution in [3.8, 4) is 0 Å². The highest BCUT2D eigenvalue weighted by Crippen LogP contribution is 2.33. The van der Waals surface area contributed by atoms with Gasteiger partial charge in [-0.3, -0.25) is 0 Å². The molecule has 1 amide bonds. The normalized spacial score (nSPS) is 19.0. The molecule has 1 unspecified atom stereocenters. The Kier molecular flexibility index (Phi) is 7.80. The fourth-order valence-corrected chi connectivity index (χ4v) is 3.22. The monoisotopic (exact) mass is 487 g/mol. The van der Waals surface area contributed by atoms with Gasteiger partial charge in [-0.2, -0.15) is 0 Å². The Labute approximate surface area is 184 Å². The summed E-state index contributed by atoms with van der Waals surface area (Å²) in [4.78, 5) is 13.5. The van der Waals surface area contributed by atoms with Crippen molar-refractivity contribution in [2.45, 2.75) is 38.4 Å². The average molecular weight is 489 g/mol. The third kappa shape index (κ3) is 6.96. The molecule has 152 valence electrons. The number of β-amino-alcohol motifs (C(OH)–C–C–N with tert-alkyl or cyclic N) is 1. The third-order valence-corrected chi connectivity index (χ3v) is 5.12. The van der Waals surface area contributed by atoms with Gasteiger partial charge in [-0.05, 0) is 69.2 Å². The van der Waals surface area contributed by atoms with Gasteiger partial charge in [-0.25, -0.2) is 4.79 Å². The minimum absolute atomic E-state index is 0.240. The number of ether oxygens (including phenoxy) is 1. The average Bonchev–Trinajstić information content (AvgIpc) is 3.01. The minimum Gasteiger partial charge on any atom is -0.444 e. The second-order valence-electron chi connectivity index (χ2n) is 7.63. The highest BCUT2D eigenvalue weighted by Gasteiger charge is 2.40. The molecule has 1 aliphatic rings. The number of nitrogens with zero attached hydrogens (tertiary/aromatic N) is 1. The molecule has 0 spiro atoms. The van der Waals surface area contributed by atoms with E-state index in [0.29, 0.717) is 18.0 Å². The van der Waals surface area contributed by atoms with Crippen LogP contribution in [0.4, 0.5) is 4.79 Å². The van der Waals surface area contributed by atoms with Gasteiger partial charge in [-0.15, -0.1) is 0 Å². The predicted octanol–water partition coefficient (Wildman–Crippen LogP) is 6.27. The first-order chi connectivity index (χ1) is 13.0. The molecular weight excluding hydrogens is 465 g/mol. The van der Waals surface area contributed by atoms with Crippen LogP contribution in [0.25, 0.3) is 0 Å². The Bertz CT molecular complexity index is 770. The maximum atomic E-state index is 12.0. The van der Waals surface area contributed by atoms with Crippen molar-refractivity contribution < 1.29 is 14.6 Å². The Balaban J connectivity index is 0.000000292. The summed E-state index contributed by atoms with van der Waals surface area (Å²) in [5.74, 6) is 0. The summed E-state index contributed by atoms with van der Waals surface area (Å²) in [7, 11) is 0. The van der Waals surface area contributed by atoms with Crippen LogP contribution >= 0.6 is 39.1 Å². The molecular formula is C21H24BrCl2NO3. The quantitative estimate of drug-likeness (QED) is 0.514. The zero-order valence-corrected chi connectivity index (χ0v) is 19.2. The van der Waals surface area contributed by atoms with E-state index in [2.05, 4.69) is 15.9 Å². The number of aliphatic hydroxyl groups is 1. The Hall–Kier alpha value is -1.27. The molecule has 0 bridgehead atoms. The standard InChI is InChI=1S/C15H20ClNO3.C6H4BrCl/c1-14(2,3)20-13(18)17-9-8-15(19,10-17)11-4-6-12(16)7-5-11;7-5-1-3-6(8)4-2-5/h4-7,19H,8-10H2,1-3H3;1-4H. The summed E-state index contributed by atoms with van der Waals surface area (Å²) in [5, 5.41) is 12.1. The van der Waals surface area contributed by atoms with Gasteiger partial charge in [0.25, 0.3) is 0 Å². The minimum atomic E-state index is -1.03. The number of hydrogen-bond donors (Lipinski definition) is 1. The Morgan fingerprint density at radius 2 is 1.57 bits per heavy atom. The molecule has 7 heteroatoms. The summed E-state index contributed by atoms with van der Waals surface area (Å²) in [6, 6.07) is 14.6. The molecule has 4 nitrogen and oxygen atoms in total. The van der Waals surface area contributed by atoms with Crippen LogP contribution in [-0.2, 0) is 10.3 Å². The van der Waals surface area contributed by atoms with Gasteiger partial charge in [0.2, 0.25) is 0 Å². The number of benzene rings is 2. The second-order valence-corrected chi connectivity index (χ2v) is 9.42. The topological polar surface area (TPSA) is 49.8 Å². The summed E-state index contributed by atoms with van der Waals surface area (Å²) < 4.78 is 6.38.